The Balaban J connectivity index is 2.09. The highest BCUT2D eigenvalue weighted by molar-refractivity contribution is 7.07. The number of rotatable bonds is 5. The first kappa shape index (κ1) is 22.9. The molecule has 3 aromatic rings. The van der Waals surface area contributed by atoms with Gasteiger partial charge in [0.25, 0.3) is 5.56 Å². The second-order valence-corrected chi connectivity index (χ2v) is 8.53. The maximum atomic E-state index is 12.9. The van der Waals surface area contributed by atoms with Crippen LogP contribution in [-0.4, -0.2) is 42.5 Å². The number of thiazole rings is 1. The van der Waals surface area contributed by atoms with Crippen molar-refractivity contribution in [2.45, 2.75) is 6.54 Å². The van der Waals surface area contributed by atoms with Gasteiger partial charge in [0.15, 0.2) is 0 Å². The number of aromatic nitrogens is 1. The fourth-order valence-corrected chi connectivity index (χ4v) is 4.01. The molecule has 0 N–H and O–H groups in total. The van der Waals surface area contributed by atoms with Crippen LogP contribution in [0.15, 0.2) is 39.5 Å². The zero-order valence-electron chi connectivity index (χ0n) is 16.8. The van der Waals surface area contributed by atoms with E-state index >= 15 is 0 Å². The molecule has 0 saturated carbocycles. The van der Waals surface area contributed by atoms with E-state index in [4.69, 9.17) is 27.6 Å². The number of amides is 1. The van der Waals surface area contributed by atoms with E-state index in [-0.39, 0.29) is 12.5 Å². The molecule has 1 amide bonds. The fraction of sp³-hybridized carbons (Fsp3) is 0.190. The van der Waals surface area contributed by atoms with Gasteiger partial charge in [0.1, 0.15) is 22.7 Å². The average Bonchev–Trinajstić information content (AvgIpc) is 3.30. The average molecular weight is 481 g/mol. The number of carbonyl (C=O) groups excluding carboxylic acids is 2. The van der Waals surface area contributed by atoms with Crippen LogP contribution in [0.25, 0.3) is 23.5 Å². The minimum atomic E-state index is -0.630. The minimum Gasteiger partial charge on any atom is -0.466 e. The molecule has 0 saturated heterocycles. The van der Waals surface area contributed by atoms with E-state index in [1.54, 1.807) is 50.5 Å². The van der Waals surface area contributed by atoms with E-state index in [2.05, 4.69) is 4.74 Å². The van der Waals surface area contributed by atoms with Gasteiger partial charge in [-0.3, -0.25) is 14.2 Å². The molecule has 10 heteroatoms. The van der Waals surface area contributed by atoms with Crippen molar-refractivity contribution in [2.24, 2.45) is 0 Å². The highest BCUT2D eigenvalue weighted by atomic mass is 35.5. The molecule has 0 aliphatic rings. The predicted octanol–water partition coefficient (Wildman–Crippen LogP) is 2.35. The fourth-order valence-electron chi connectivity index (χ4n) is 2.62. The number of ether oxygens (including phenoxy) is 1. The Morgan fingerprint density at radius 2 is 1.97 bits per heavy atom. The second kappa shape index (κ2) is 9.55. The highest BCUT2D eigenvalue weighted by Crippen LogP contribution is 2.31. The molecule has 0 atom stereocenters. The molecule has 0 unspecified atom stereocenters. The van der Waals surface area contributed by atoms with Crippen LogP contribution in [0.1, 0.15) is 5.76 Å². The van der Waals surface area contributed by atoms with Crippen molar-refractivity contribution in [1.82, 2.24) is 9.47 Å². The third-order valence-electron chi connectivity index (χ3n) is 4.27. The van der Waals surface area contributed by atoms with E-state index in [9.17, 15) is 14.4 Å². The Hall–Kier alpha value is -2.81. The summed E-state index contributed by atoms with van der Waals surface area (Å²) in [6.07, 6.45) is 2.71. The largest absolute Gasteiger partial charge is 0.466 e. The van der Waals surface area contributed by atoms with Gasteiger partial charge in [-0.1, -0.05) is 23.2 Å². The molecule has 0 aliphatic carbocycles. The Morgan fingerprint density at radius 1 is 1.23 bits per heavy atom. The number of likely N-dealkylation sites (N-methyl/N-ethyl adjacent to an activating group) is 1. The Bertz CT molecular complexity index is 1320. The first-order valence-electron chi connectivity index (χ1n) is 8.96. The summed E-state index contributed by atoms with van der Waals surface area (Å²) in [5.41, 5.74) is 0.197. The van der Waals surface area contributed by atoms with E-state index in [1.165, 1.54) is 22.7 Å². The zero-order valence-corrected chi connectivity index (χ0v) is 19.2. The summed E-state index contributed by atoms with van der Waals surface area (Å²) >= 11 is 13.3. The van der Waals surface area contributed by atoms with Gasteiger partial charge in [0.2, 0.25) is 5.91 Å². The lowest BCUT2D eigenvalue weighted by Crippen LogP contribution is -2.38. The number of hydrogen-bond donors (Lipinski definition) is 0. The van der Waals surface area contributed by atoms with Crippen LogP contribution >= 0.6 is 34.5 Å². The van der Waals surface area contributed by atoms with Crippen molar-refractivity contribution in [3.8, 4) is 11.3 Å². The first-order chi connectivity index (χ1) is 14.7. The maximum absolute atomic E-state index is 12.9. The van der Waals surface area contributed by atoms with Crippen LogP contribution in [0.4, 0.5) is 0 Å². The van der Waals surface area contributed by atoms with Crippen LogP contribution in [0.3, 0.4) is 0 Å². The normalized spacial score (nSPS) is 12.3. The van der Waals surface area contributed by atoms with Gasteiger partial charge >= 0.3 is 5.97 Å². The zero-order chi connectivity index (χ0) is 22.7. The number of methoxy groups -OCH3 is 1. The van der Waals surface area contributed by atoms with Crippen molar-refractivity contribution < 1.29 is 18.7 Å². The smallest absolute Gasteiger partial charge is 0.333 e. The second-order valence-electron chi connectivity index (χ2n) is 6.62. The van der Waals surface area contributed by atoms with Gasteiger partial charge in [0.05, 0.1) is 22.7 Å². The van der Waals surface area contributed by atoms with Crippen LogP contribution in [0.2, 0.25) is 10.0 Å². The van der Waals surface area contributed by atoms with E-state index < -0.39 is 11.5 Å². The summed E-state index contributed by atoms with van der Waals surface area (Å²) in [5, 5.41) is 0.983. The summed E-state index contributed by atoms with van der Waals surface area (Å²) in [6.45, 7) is -0.208. The van der Waals surface area contributed by atoms with Gasteiger partial charge in [-0.2, -0.15) is 0 Å². The number of carbonyl (C=O) groups is 2. The molecule has 162 valence electrons. The quantitative estimate of drug-likeness (QED) is 0.523. The minimum absolute atomic E-state index is 0.208. The topological polar surface area (TPSA) is 81.7 Å². The van der Waals surface area contributed by atoms with Gasteiger partial charge in [0, 0.05) is 30.8 Å². The van der Waals surface area contributed by atoms with Crippen molar-refractivity contribution in [3.05, 3.63) is 65.7 Å². The molecule has 3 rings (SSSR count). The number of esters is 1. The summed E-state index contributed by atoms with van der Waals surface area (Å²) in [4.78, 5) is 38.1. The van der Waals surface area contributed by atoms with Crippen molar-refractivity contribution in [3.63, 3.8) is 0 Å². The van der Waals surface area contributed by atoms with Gasteiger partial charge in [-0.05, 0) is 30.3 Å². The lowest BCUT2D eigenvalue weighted by atomic mass is 10.2. The predicted molar refractivity (Wildman–Crippen MR) is 121 cm³/mol. The van der Waals surface area contributed by atoms with E-state index in [0.717, 1.165) is 11.3 Å². The van der Waals surface area contributed by atoms with Gasteiger partial charge in [-0.25, -0.2) is 4.79 Å². The molecule has 2 heterocycles. The highest BCUT2D eigenvalue weighted by Gasteiger charge is 2.13. The maximum Gasteiger partial charge on any atom is 0.333 e. The number of nitrogens with zero attached hydrogens (tertiary/aromatic N) is 2. The molecule has 2 aromatic heterocycles. The monoisotopic (exact) mass is 480 g/mol. The standard InChI is InChI=1S/C21H18Cl2N2O5S/c1-24(2)18(26)11-25-19(10-20(27)29-3)31-17(21(25)28)9-13-5-7-16(30-13)14-8-12(22)4-6-15(14)23/h4-10H,11H2,1-3H3/b17-9-,19-10-. The molecular formula is C21H18Cl2N2O5S. The summed E-state index contributed by atoms with van der Waals surface area (Å²) < 4.78 is 12.3. The lowest BCUT2D eigenvalue weighted by Gasteiger charge is -2.10. The molecule has 31 heavy (non-hydrogen) atoms. The number of hydrogen-bond acceptors (Lipinski definition) is 6. The summed E-state index contributed by atoms with van der Waals surface area (Å²) in [7, 11) is 4.40. The summed E-state index contributed by atoms with van der Waals surface area (Å²) in [6, 6.07) is 8.42. The Morgan fingerprint density at radius 3 is 2.65 bits per heavy atom. The van der Waals surface area contributed by atoms with Crippen molar-refractivity contribution in [2.75, 3.05) is 21.2 Å². The van der Waals surface area contributed by atoms with Crippen LogP contribution in [0.5, 0.6) is 0 Å². The molecule has 1 aromatic carbocycles. The third-order valence-corrected chi connectivity index (χ3v) is 5.89. The third kappa shape index (κ3) is 5.28. The first-order valence-corrected chi connectivity index (χ1v) is 10.5. The Kier molecular flexibility index (Phi) is 7.04. The van der Waals surface area contributed by atoms with E-state index in [1.807, 2.05) is 0 Å². The Labute approximate surface area is 191 Å². The molecule has 0 aliphatic heterocycles. The summed E-state index contributed by atoms with van der Waals surface area (Å²) in [5.74, 6) is -0.0311. The van der Waals surface area contributed by atoms with E-state index in [0.29, 0.717) is 36.3 Å². The van der Waals surface area contributed by atoms with Gasteiger partial charge < -0.3 is 14.1 Å². The SMILES string of the molecule is COC(=O)/C=c1\s/c(=C\c2ccc(-c3cc(Cl)ccc3Cl)o2)c(=O)n1CC(=O)N(C)C. The molecule has 7 nitrogen and oxygen atoms in total. The number of halogens is 2. The van der Waals surface area contributed by atoms with Gasteiger partial charge in [-0.15, -0.1) is 11.3 Å². The molecule has 0 fully saturated rings. The molecule has 0 bridgehead atoms. The number of benzene rings is 1. The number of furan rings is 1. The van der Waals surface area contributed by atoms with Crippen molar-refractivity contribution in [1.29, 1.82) is 0 Å². The molecule has 0 spiro atoms. The van der Waals surface area contributed by atoms with Crippen LogP contribution < -0.4 is 14.8 Å². The van der Waals surface area contributed by atoms with Crippen LogP contribution in [0, 0.1) is 0 Å². The molecular weight excluding hydrogens is 463 g/mol. The lowest BCUT2D eigenvalue weighted by molar-refractivity contribution is -0.133. The van der Waals surface area contributed by atoms with Crippen LogP contribution in [-0.2, 0) is 20.9 Å². The van der Waals surface area contributed by atoms with Crippen molar-refractivity contribution >= 4 is 58.6 Å². The molecule has 0 radical (unpaired) electrons.